The predicted molar refractivity (Wildman–Crippen MR) is 73.5 cm³/mol. The smallest absolute Gasteiger partial charge is 0.330 e. The maximum Gasteiger partial charge on any atom is 0.330 e. The van der Waals surface area contributed by atoms with E-state index in [2.05, 4.69) is 20.5 Å². The van der Waals surface area contributed by atoms with E-state index in [-0.39, 0.29) is 18.1 Å². The quantitative estimate of drug-likeness (QED) is 0.542. The van der Waals surface area contributed by atoms with Crippen LogP contribution in [-0.4, -0.2) is 33.5 Å². The van der Waals surface area contributed by atoms with Gasteiger partial charge in [0.15, 0.2) is 0 Å². The first kappa shape index (κ1) is 13.9. The molecule has 2 rings (SSSR count). The van der Waals surface area contributed by atoms with Gasteiger partial charge in [-0.15, -0.1) is 0 Å². The molecule has 0 radical (unpaired) electrons. The number of hydrogen-bond acceptors (Lipinski definition) is 6. The molecule has 0 atom stereocenters. The van der Waals surface area contributed by atoms with Gasteiger partial charge in [0.1, 0.15) is 11.5 Å². The summed E-state index contributed by atoms with van der Waals surface area (Å²) in [6, 6.07) is 0. The standard InChI is InChI=1S/C11H16N6O3/c1-20-3-2-17-9(12)8(10(18)16-11(17)19)13-4-7-5-14-15-6-7/h5-6,13H,2-4,12H2,1H3,(H,14,15)(H,16,18,19). The Morgan fingerprint density at radius 3 is 2.95 bits per heavy atom. The highest BCUT2D eigenvalue weighted by Crippen LogP contribution is 2.11. The van der Waals surface area contributed by atoms with Gasteiger partial charge in [0, 0.05) is 25.4 Å². The van der Waals surface area contributed by atoms with Gasteiger partial charge in [-0.05, 0) is 0 Å². The van der Waals surface area contributed by atoms with Gasteiger partial charge < -0.3 is 15.8 Å². The number of rotatable bonds is 6. The third kappa shape index (κ3) is 2.88. The van der Waals surface area contributed by atoms with E-state index in [0.29, 0.717) is 13.2 Å². The van der Waals surface area contributed by atoms with Crippen LogP contribution in [-0.2, 0) is 17.8 Å². The number of nitrogens with two attached hydrogens (primary N) is 1. The normalized spacial score (nSPS) is 10.7. The summed E-state index contributed by atoms with van der Waals surface area (Å²) >= 11 is 0. The number of aromatic amines is 2. The summed E-state index contributed by atoms with van der Waals surface area (Å²) in [4.78, 5) is 25.7. The number of nitrogens with one attached hydrogen (secondary N) is 3. The Morgan fingerprint density at radius 2 is 2.30 bits per heavy atom. The van der Waals surface area contributed by atoms with Crippen molar-refractivity contribution < 1.29 is 4.74 Å². The molecule has 108 valence electrons. The van der Waals surface area contributed by atoms with Crippen LogP contribution in [0, 0.1) is 0 Å². The highest BCUT2D eigenvalue weighted by molar-refractivity contribution is 5.60. The molecule has 0 spiro atoms. The molecule has 2 heterocycles. The van der Waals surface area contributed by atoms with Crippen molar-refractivity contribution >= 4 is 11.5 Å². The van der Waals surface area contributed by atoms with E-state index < -0.39 is 11.2 Å². The summed E-state index contributed by atoms with van der Waals surface area (Å²) in [5, 5.41) is 9.36. The average Bonchev–Trinajstić information content (AvgIpc) is 2.91. The molecular weight excluding hydrogens is 264 g/mol. The summed E-state index contributed by atoms with van der Waals surface area (Å²) in [7, 11) is 1.52. The number of aromatic nitrogens is 4. The van der Waals surface area contributed by atoms with Gasteiger partial charge in [0.05, 0.1) is 19.3 Å². The molecule has 2 aromatic heterocycles. The lowest BCUT2D eigenvalue weighted by atomic mass is 10.3. The highest BCUT2D eigenvalue weighted by atomic mass is 16.5. The Morgan fingerprint density at radius 1 is 1.50 bits per heavy atom. The molecule has 9 nitrogen and oxygen atoms in total. The molecule has 0 saturated heterocycles. The minimum atomic E-state index is -0.557. The van der Waals surface area contributed by atoms with Gasteiger partial charge in [-0.25, -0.2) is 4.79 Å². The first-order valence-corrected chi connectivity index (χ1v) is 5.96. The van der Waals surface area contributed by atoms with Crippen LogP contribution < -0.4 is 22.3 Å². The zero-order chi connectivity index (χ0) is 14.5. The van der Waals surface area contributed by atoms with Crippen molar-refractivity contribution in [2.24, 2.45) is 0 Å². The van der Waals surface area contributed by atoms with Crippen LogP contribution >= 0.6 is 0 Å². The number of nitrogen functional groups attached to an aromatic ring is 1. The van der Waals surface area contributed by atoms with Crippen LogP contribution in [0.15, 0.2) is 22.0 Å². The number of hydrogen-bond donors (Lipinski definition) is 4. The van der Waals surface area contributed by atoms with Crippen LogP contribution in [0.4, 0.5) is 11.5 Å². The number of ether oxygens (including phenoxy) is 1. The number of nitrogens with zero attached hydrogens (tertiary/aromatic N) is 2. The van der Waals surface area contributed by atoms with E-state index in [1.54, 1.807) is 12.4 Å². The maximum atomic E-state index is 11.8. The Balaban J connectivity index is 2.27. The predicted octanol–water partition coefficient (Wildman–Crippen LogP) is -0.900. The second kappa shape index (κ2) is 6.06. The number of anilines is 2. The van der Waals surface area contributed by atoms with Crippen LogP contribution in [0.5, 0.6) is 0 Å². The third-order valence-corrected chi connectivity index (χ3v) is 2.78. The molecule has 9 heteroatoms. The molecule has 2 aromatic rings. The van der Waals surface area contributed by atoms with Crippen molar-refractivity contribution in [2.45, 2.75) is 13.1 Å². The van der Waals surface area contributed by atoms with Crippen molar-refractivity contribution in [1.29, 1.82) is 0 Å². The zero-order valence-corrected chi connectivity index (χ0v) is 11.0. The zero-order valence-electron chi connectivity index (χ0n) is 11.0. The Kier molecular flexibility index (Phi) is 4.20. The molecular formula is C11H16N6O3. The summed E-state index contributed by atoms with van der Waals surface area (Å²) in [6.45, 7) is 0.946. The van der Waals surface area contributed by atoms with E-state index in [4.69, 9.17) is 10.5 Å². The Labute approximate surface area is 113 Å². The molecule has 5 N–H and O–H groups in total. The summed E-state index contributed by atoms with van der Waals surface area (Å²) in [5.74, 6) is 0.0827. The van der Waals surface area contributed by atoms with E-state index in [0.717, 1.165) is 5.56 Å². The fourth-order valence-electron chi connectivity index (χ4n) is 1.73. The van der Waals surface area contributed by atoms with Crippen molar-refractivity contribution in [2.75, 3.05) is 24.8 Å². The van der Waals surface area contributed by atoms with Gasteiger partial charge in [-0.2, -0.15) is 5.10 Å². The summed E-state index contributed by atoms with van der Waals surface area (Å²) in [5.41, 5.74) is 5.77. The van der Waals surface area contributed by atoms with Crippen LogP contribution in [0.1, 0.15) is 5.56 Å². The monoisotopic (exact) mass is 280 g/mol. The van der Waals surface area contributed by atoms with Gasteiger partial charge in [0.25, 0.3) is 5.56 Å². The second-order valence-electron chi connectivity index (χ2n) is 4.12. The Bertz CT molecular complexity index is 672. The first-order chi connectivity index (χ1) is 9.63. The molecule has 0 bridgehead atoms. The number of methoxy groups -OCH3 is 1. The molecule has 0 aliphatic rings. The third-order valence-electron chi connectivity index (χ3n) is 2.78. The molecule has 0 aliphatic carbocycles. The lowest BCUT2D eigenvalue weighted by molar-refractivity contribution is 0.186. The van der Waals surface area contributed by atoms with Gasteiger partial charge in [0.2, 0.25) is 0 Å². The van der Waals surface area contributed by atoms with Crippen LogP contribution in [0.3, 0.4) is 0 Å². The minimum Gasteiger partial charge on any atom is -0.383 e. The van der Waals surface area contributed by atoms with E-state index in [9.17, 15) is 9.59 Å². The summed E-state index contributed by atoms with van der Waals surface area (Å²) in [6.07, 6.45) is 3.32. The molecule has 0 aliphatic heterocycles. The molecule has 0 unspecified atom stereocenters. The van der Waals surface area contributed by atoms with Crippen molar-refractivity contribution in [3.63, 3.8) is 0 Å². The molecule has 0 amide bonds. The topological polar surface area (TPSA) is 131 Å². The van der Waals surface area contributed by atoms with E-state index >= 15 is 0 Å². The highest BCUT2D eigenvalue weighted by Gasteiger charge is 2.11. The van der Waals surface area contributed by atoms with E-state index in [1.807, 2.05) is 0 Å². The van der Waals surface area contributed by atoms with Crippen LogP contribution in [0.2, 0.25) is 0 Å². The maximum absolute atomic E-state index is 11.8. The van der Waals surface area contributed by atoms with Gasteiger partial charge in [-0.1, -0.05) is 0 Å². The molecule has 0 fully saturated rings. The van der Waals surface area contributed by atoms with Crippen molar-refractivity contribution in [3.8, 4) is 0 Å². The fourth-order valence-corrected chi connectivity index (χ4v) is 1.73. The number of H-pyrrole nitrogens is 2. The largest absolute Gasteiger partial charge is 0.383 e. The minimum absolute atomic E-state index is 0.0827. The lowest BCUT2D eigenvalue weighted by Gasteiger charge is -2.13. The molecule has 0 aromatic carbocycles. The SMILES string of the molecule is COCCn1c(N)c(NCc2cn[nH]c2)c(=O)[nH]c1=O. The van der Waals surface area contributed by atoms with E-state index in [1.165, 1.54) is 11.7 Å². The van der Waals surface area contributed by atoms with Gasteiger partial charge >= 0.3 is 5.69 Å². The molecule has 0 saturated carbocycles. The van der Waals surface area contributed by atoms with Crippen LogP contribution in [0.25, 0.3) is 0 Å². The van der Waals surface area contributed by atoms with Gasteiger partial charge in [-0.3, -0.25) is 19.4 Å². The fraction of sp³-hybridized carbons (Fsp3) is 0.364. The molecule has 20 heavy (non-hydrogen) atoms. The summed E-state index contributed by atoms with van der Waals surface area (Å²) < 4.78 is 6.16. The Hall–Kier alpha value is -2.55. The average molecular weight is 280 g/mol. The second-order valence-corrected chi connectivity index (χ2v) is 4.12. The lowest BCUT2D eigenvalue weighted by Crippen LogP contribution is -2.34. The first-order valence-electron chi connectivity index (χ1n) is 5.96. The van der Waals surface area contributed by atoms with Crippen molar-refractivity contribution in [3.05, 3.63) is 38.8 Å². The van der Waals surface area contributed by atoms with Crippen molar-refractivity contribution in [1.82, 2.24) is 19.7 Å².